The minimum atomic E-state index is -0.562. The number of nitrogens with one attached hydrogen (secondary N) is 1. The van der Waals surface area contributed by atoms with Gasteiger partial charge in [-0.1, -0.05) is 48.5 Å². The Morgan fingerprint density at radius 2 is 1.64 bits per heavy atom. The first-order valence-electron chi connectivity index (χ1n) is 8.78. The summed E-state index contributed by atoms with van der Waals surface area (Å²) in [4.78, 5) is 12.5. The van der Waals surface area contributed by atoms with Crippen molar-refractivity contribution in [3.05, 3.63) is 65.2 Å². The predicted molar refractivity (Wildman–Crippen MR) is 97.7 cm³/mol. The van der Waals surface area contributed by atoms with Gasteiger partial charge < -0.3 is 14.8 Å². The van der Waals surface area contributed by atoms with Crippen LogP contribution < -0.4 is 10.1 Å². The monoisotopic (exact) mass is 339 g/mol. The highest BCUT2D eigenvalue weighted by Crippen LogP contribution is 2.35. The van der Waals surface area contributed by atoms with Gasteiger partial charge in [-0.05, 0) is 43.6 Å². The predicted octanol–water partition coefficient (Wildman–Crippen LogP) is 3.50. The fourth-order valence-electron chi connectivity index (χ4n) is 3.43. The summed E-state index contributed by atoms with van der Waals surface area (Å²) < 4.78 is 11.7. The van der Waals surface area contributed by atoms with E-state index in [9.17, 15) is 4.79 Å². The Morgan fingerprint density at radius 1 is 1.00 bits per heavy atom. The van der Waals surface area contributed by atoms with Gasteiger partial charge in [0.2, 0.25) is 0 Å². The van der Waals surface area contributed by atoms with Crippen molar-refractivity contribution in [2.75, 3.05) is 19.7 Å². The van der Waals surface area contributed by atoms with Crippen LogP contribution in [0.3, 0.4) is 0 Å². The van der Waals surface area contributed by atoms with Crippen LogP contribution >= 0.6 is 0 Å². The third-order valence-corrected chi connectivity index (χ3v) is 4.76. The van der Waals surface area contributed by atoms with E-state index in [-0.39, 0.29) is 12.6 Å². The second-order valence-corrected chi connectivity index (χ2v) is 6.59. The molecule has 2 aromatic carbocycles. The van der Waals surface area contributed by atoms with E-state index >= 15 is 0 Å². The molecule has 0 aliphatic carbocycles. The molecule has 4 heteroatoms. The lowest BCUT2D eigenvalue weighted by Crippen LogP contribution is -2.43. The highest BCUT2D eigenvalue weighted by molar-refractivity contribution is 5.72. The second-order valence-electron chi connectivity index (χ2n) is 6.59. The molecule has 132 valence electrons. The van der Waals surface area contributed by atoms with Crippen molar-refractivity contribution >= 4 is 5.97 Å². The molecule has 1 fully saturated rings. The van der Waals surface area contributed by atoms with Gasteiger partial charge in [-0.3, -0.25) is 0 Å². The highest BCUT2D eigenvalue weighted by atomic mass is 16.6. The summed E-state index contributed by atoms with van der Waals surface area (Å²) in [5, 5.41) is 3.33. The molecule has 1 saturated heterocycles. The largest absolute Gasteiger partial charge is 0.481 e. The van der Waals surface area contributed by atoms with E-state index in [1.54, 1.807) is 0 Å². The van der Waals surface area contributed by atoms with Crippen LogP contribution in [0.15, 0.2) is 48.5 Å². The molecule has 25 heavy (non-hydrogen) atoms. The maximum Gasteiger partial charge on any atom is 0.345 e. The van der Waals surface area contributed by atoms with E-state index < -0.39 is 5.60 Å². The smallest absolute Gasteiger partial charge is 0.345 e. The van der Waals surface area contributed by atoms with Crippen LogP contribution in [-0.4, -0.2) is 25.7 Å². The summed E-state index contributed by atoms with van der Waals surface area (Å²) in [6.45, 7) is 5.55. The van der Waals surface area contributed by atoms with Gasteiger partial charge in [0.15, 0.2) is 6.61 Å². The molecule has 1 N–H and O–H groups in total. The van der Waals surface area contributed by atoms with E-state index in [4.69, 9.17) is 9.47 Å². The Labute approximate surface area is 149 Å². The Kier molecular flexibility index (Phi) is 5.39. The zero-order valence-corrected chi connectivity index (χ0v) is 14.9. The standard InChI is InChI=1S/C21H25NO3/c1-16-7-6-8-17(2)20(16)24-15-19(23)25-21(11-13-22-14-12-21)18-9-4-3-5-10-18/h3-10,22H,11-15H2,1-2H3. The maximum atomic E-state index is 12.5. The van der Waals surface area contributed by atoms with Crippen molar-refractivity contribution in [2.24, 2.45) is 0 Å². The van der Waals surface area contributed by atoms with Crippen molar-refractivity contribution in [3.8, 4) is 5.75 Å². The van der Waals surface area contributed by atoms with Crippen molar-refractivity contribution in [1.82, 2.24) is 5.32 Å². The van der Waals surface area contributed by atoms with Gasteiger partial charge in [0.1, 0.15) is 11.4 Å². The summed E-state index contributed by atoms with van der Waals surface area (Å²) in [5.41, 5.74) is 2.53. The number of hydrogen-bond acceptors (Lipinski definition) is 4. The van der Waals surface area contributed by atoms with Gasteiger partial charge in [-0.2, -0.15) is 0 Å². The topological polar surface area (TPSA) is 47.6 Å². The Hall–Kier alpha value is -2.33. The zero-order valence-electron chi connectivity index (χ0n) is 14.9. The Balaban J connectivity index is 1.71. The minimum absolute atomic E-state index is 0.0757. The second kappa shape index (κ2) is 7.70. The van der Waals surface area contributed by atoms with Crippen LogP contribution in [0.25, 0.3) is 0 Å². The van der Waals surface area contributed by atoms with Crippen LogP contribution in [-0.2, 0) is 15.1 Å². The molecular formula is C21H25NO3. The first-order valence-corrected chi connectivity index (χ1v) is 8.78. The molecule has 3 rings (SSSR count). The van der Waals surface area contributed by atoms with E-state index in [0.717, 1.165) is 48.4 Å². The van der Waals surface area contributed by atoms with Gasteiger partial charge >= 0.3 is 5.97 Å². The molecule has 1 aliphatic heterocycles. The summed E-state index contributed by atoms with van der Waals surface area (Å²) >= 11 is 0. The first kappa shape index (κ1) is 17.5. The number of ether oxygens (including phenoxy) is 2. The molecule has 1 aliphatic rings. The van der Waals surface area contributed by atoms with Gasteiger partial charge in [-0.15, -0.1) is 0 Å². The quantitative estimate of drug-likeness (QED) is 0.847. The number of para-hydroxylation sites is 1. The highest BCUT2D eigenvalue weighted by Gasteiger charge is 2.37. The molecule has 1 heterocycles. The number of esters is 1. The summed E-state index contributed by atoms with van der Waals surface area (Å²) in [5.74, 6) is 0.437. The number of piperidine rings is 1. The molecule has 4 nitrogen and oxygen atoms in total. The van der Waals surface area contributed by atoms with E-state index in [2.05, 4.69) is 5.32 Å². The van der Waals surface area contributed by atoms with Crippen LogP contribution in [0, 0.1) is 13.8 Å². The summed E-state index contributed by atoms with van der Waals surface area (Å²) in [7, 11) is 0. The van der Waals surface area contributed by atoms with E-state index in [1.165, 1.54) is 0 Å². The zero-order chi connectivity index (χ0) is 17.7. The van der Waals surface area contributed by atoms with Crippen molar-refractivity contribution in [3.63, 3.8) is 0 Å². The molecular weight excluding hydrogens is 314 g/mol. The lowest BCUT2D eigenvalue weighted by atomic mass is 9.85. The van der Waals surface area contributed by atoms with Crippen molar-refractivity contribution in [2.45, 2.75) is 32.3 Å². The van der Waals surface area contributed by atoms with Gasteiger partial charge in [0.05, 0.1) is 0 Å². The number of rotatable bonds is 5. The number of carbonyl (C=O) groups is 1. The molecule has 0 spiro atoms. The van der Waals surface area contributed by atoms with Crippen LogP contribution in [0.4, 0.5) is 0 Å². The van der Waals surface area contributed by atoms with Crippen LogP contribution in [0.1, 0.15) is 29.5 Å². The molecule has 0 aromatic heterocycles. The molecule has 2 aromatic rings. The number of benzene rings is 2. The average molecular weight is 339 g/mol. The Morgan fingerprint density at radius 3 is 2.28 bits per heavy atom. The average Bonchev–Trinajstić information content (AvgIpc) is 2.63. The third-order valence-electron chi connectivity index (χ3n) is 4.76. The maximum absolute atomic E-state index is 12.5. The molecule has 0 unspecified atom stereocenters. The van der Waals surface area contributed by atoms with Gasteiger partial charge in [-0.25, -0.2) is 4.79 Å². The van der Waals surface area contributed by atoms with Crippen LogP contribution in [0.2, 0.25) is 0 Å². The lowest BCUT2D eigenvalue weighted by Gasteiger charge is -2.37. The third kappa shape index (κ3) is 4.02. The van der Waals surface area contributed by atoms with Crippen molar-refractivity contribution in [1.29, 1.82) is 0 Å². The summed E-state index contributed by atoms with van der Waals surface area (Å²) in [6.07, 6.45) is 1.54. The Bertz CT molecular complexity index is 701. The van der Waals surface area contributed by atoms with E-state index in [1.807, 2.05) is 62.4 Å². The fraction of sp³-hybridized carbons (Fsp3) is 0.381. The normalized spacial score (nSPS) is 16.2. The molecule has 0 radical (unpaired) electrons. The lowest BCUT2D eigenvalue weighted by molar-refractivity contribution is -0.166. The SMILES string of the molecule is Cc1cccc(C)c1OCC(=O)OC1(c2ccccc2)CCNCC1. The summed E-state index contributed by atoms with van der Waals surface area (Å²) in [6, 6.07) is 16.0. The van der Waals surface area contributed by atoms with Gasteiger partial charge in [0.25, 0.3) is 0 Å². The van der Waals surface area contributed by atoms with Crippen molar-refractivity contribution < 1.29 is 14.3 Å². The molecule has 0 amide bonds. The van der Waals surface area contributed by atoms with Gasteiger partial charge in [0, 0.05) is 12.8 Å². The van der Waals surface area contributed by atoms with E-state index in [0.29, 0.717) is 0 Å². The number of carbonyl (C=O) groups excluding carboxylic acids is 1. The minimum Gasteiger partial charge on any atom is -0.481 e. The molecule has 0 bridgehead atoms. The first-order chi connectivity index (χ1) is 12.1. The fourth-order valence-corrected chi connectivity index (χ4v) is 3.43. The molecule has 0 saturated carbocycles. The number of hydrogen-bond donors (Lipinski definition) is 1. The number of aryl methyl sites for hydroxylation is 2. The molecule has 0 atom stereocenters. The van der Waals surface area contributed by atoms with Crippen LogP contribution in [0.5, 0.6) is 5.75 Å².